The molecule has 6 heteroatoms. The van der Waals surface area contributed by atoms with Gasteiger partial charge >= 0.3 is 6.09 Å². The molecule has 1 atom stereocenters. The summed E-state index contributed by atoms with van der Waals surface area (Å²) in [5.41, 5.74) is 0.623. The summed E-state index contributed by atoms with van der Waals surface area (Å²) >= 11 is 0. The molecule has 1 amide bonds. The number of hydrogen-bond acceptors (Lipinski definition) is 4. The number of nitrogens with zero attached hydrogens (tertiary/aromatic N) is 1. The SMILES string of the molecule is CS(=O)c1ccc(NCCC2CCN(C(=O)OC(C)(C)C)CC2)cc1. The van der Waals surface area contributed by atoms with Crippen molar-refractivity contribution in [2.45, 2.75) is 50.5 Å². The van der Waals surface area contributed by atoms with E-state index in [1.807, 2.05) is 49.9 Å². The molecule has 0 aliphatic carbocycles. The van der Waals surface area contributed by atoms with Gasteiger partial charge in [0.25, 0.3) is 0 Å². The van der Waals surface area contributed by atoms with Crippen molar-refractivity contribution in [3.05, 3.63) is 24.3 Å². The Morgan fingerprint density at radius 2 is 1.84 bits per heavy atom. The van der Waals surface area contributed by atoms with Crippen LogP contribution in [0.3, 0.4) is 0 Å². The van der Waals surface area contributed by atoms with Crippen LogP contribution >= 0.6 is 0 Å². The molecule has 1 aromatic carbocycles. The van der Waals surface area contributed by atoms with Gasteiger partial charge in [-0.1, -0.05) is 0 Å². The molecule has 0 bridgehead atoms. The number of benzene rings is 1. The summed E-state index contributed by atoms with van der Waals surface area (Å²) in [6, 6.07) is 7.75. The van der Waals surface area contributed by atoms with Gasteiger partial charge in [-0.05, 0) is 70.2 Å². The summed E-state index contributed by atoms with van der Waals surface area (Å²) in [6.07, 6.45) is 4.62. The molecule has 1 fully saturated rings. The molecular formula is C19H30N2O3S. The second-order valence-corrected chi connectivity index (χ2v) is 8.98. The number of amides is 1. The highest BCUT2D eigenvalue weighted by molar-refractivity contribution is 7.84. The predicted octanol–water partition coefficient (Wildman–Crippen LogP) is 3.87. The van der Waals surface area contributed by atoms with Gasteiger partial charge in [-0.15, -0.1) is 0 Å². The van der Waals surface area contributed by atoms with Crippen molar-refractivity contribution in [1.82, 2.24) is 4.90 Å². The van der Waals surface area contributed by atoms with E-state index in [1.165, 1.54) is 0 Å². The Bertz CT molecular complexity index is 588. The summed E-state index contributed by atoms with van der Waals surface area (Å²) in [5.74, 6) is 0.633. The lowest BCUT2D eigenvalue weighted by Gasteiger charge is -2.33. The Morgan fingerprint density at radius 1 is 1.24 bits per heavy atom. The molecule has 1 aliphatic heterocycles. The molecule has 140 valence electrons. The maximum atomic E-state index is 12.1. The zero-order chi connectivity index (χ0) is 18.4. The molecule has 0 saturated carbocycles. The van der Waals surface area contributed by atoms with Gasteiger partial charge < -0.3 is 15.0 Å². The van der Waals surface area contributed by atoms with Crippen LogP contribution in [0.5, 0.6) is 0 Å². The predicted molar refractivity (Wildman–Crippen MR) is 102 cm³/mol. The van der Waals surface area contributed by atoms with Gasteiger partial charge in [0.2, 0.25) is 0 Å². The average molecular weight is 367 g/mol. The normalized spacial score (nSPS) is 17.2. The molecule has 0 radical (unpaired) electrons. The summed E-state index contributed by atoms with van der Waals surface area (Å²) in [4.78, 5) is 14.7. The molecule has 2 rings (SSSR count). The van der Waals surface area contributed by atoms with Crippen LogP contribution in [0.25, 0.3) is 0 Å². The summed E-state index contributed by atoms with van der Waals surface area (Å²) < 4.78 is 16.8. The Balaban J connectivity index is 1.68. The first-order chi connectivity index (χ1) is 11.7. The van der Waals surface area contributed by atoms with Crippen molar-refractivity contribution in [2.75, 3.05) is 31.2 Å². The molecular weight excluding hydrogens is 336 g/mol. The fourth-order valence-corrected chi connectivity index (χ4v) is 3.44. The molecule has 25 heavy (non-hydrogen) atoms. The van der Waals surface area contributed by atoms with E-state index < -0.39 is 16.4 Å². The molecule has 0 spiro atoms. The smallest absolute Gasteiger partial charge is 0.410 e. The molecule has 1 unspecified atom stereocenters. The standard InChI is InChI=1S/C19H30N2O3S/c1-19(2,3)24-18(22)21-13-10-15(11-14-21)9-12-20-16-5-7-17(8-6-16)25(4)23/h5-8,15,20H,9-14H2,1-4H3. The van der Waals surface area contributed by atoms with Crippen LogP contribution in [0.4, 0.5) is 10.5 Å². The van der Waals surface area contributed by atoms with E-state index in [2.05, 4.69) is 5.32 Å². The maximum absolute atomic E-state index is 12.1. The fraction of sp³-hybridized carbons (Fsp3) is 0.632. The number of likely N-dealkylation sites (tertiary alicyclic amines) is 1. The molecule has 1 aliphatic rings. The monoisotopic (exact) mass is 366 g/mol. The van der Waals surface area contributed by atoms with E-state index in [1.54, 1.807) is 6.26 Å². The number of hydrogen-bond donors (Lipinski definition) is 1. The summed E-state index contributed by atoms with van der Waals surface area (Å²) in [7, 11) is -0.931. The van der Waals surface area contributed by atoms with Crippen molar-refractivity contribution in [3.63, 3.8) is 0 Å². The Labute approximate surface area is 153 Å². The second kappa shape index (κ2) is 8.70. The Morgan fingerprint density at radius 3 is 2.36 bits per heavy atom. The lowest BCUT2D eigenvalue weighted by molar-refractivity contribution is 0.0182. The highest BCUT2D eigenvalue weighted by Gasteiger charge is 2.26. The molecule has 1 N–H and O–H groups in total. The van der Waals surface area contributed by atoms with Crippen LogP contribution in [0, 0.1) is 5.92 Å². The third kappa shape index (κ3) is 6.69. The first-order valence-corrected chi connectivity index (χ1v) is 10.5. The molecule has 0 aromatic heterocycles. The zero-order valence-electron chi connectivity index (χ0n) is 15.7. The first-order valence-electron chi connectivity index (χ1n) is 8.90. The van der Waals surface area contributed by atoms with E-state index in [-0.39, 0.29) is 6.09 Å². The van der Waals surface area contributed by atoms with E-state index in [0.717, 1.165) is 49.5 Å². The minimum atomic E-state index is -0.931. The van der Waals surface area contributed by atoms with Gasteiger partial charge in [0.15, 0.2) is 0 Å². The van der Waals surface area contributed by atoms with Crippen LogP contribution < -0.4 is 5.32 Å². The lowest BCUT2D eigenvalue weighted by Crippen LogP contribution is -2.41. The van der Waals surface area contributed by atoms with Crippen molar-refractivity contribution in [1.29, 1.82) is 0 Å². The minimum Gasteiger partial charge on any atom is -0.444 e. The third-order valence-electron chi connectivity index (χ3n) is 4.33. The van der Waals surface area contributed by atoms with Crippen molar-refractivity contribution >= 4 is 22.6 Å². The van der Waals surface area contributed by atoms with Crippen molar-refractivity contribution < 1.29 is 13.7 Å². The van der Waals surface area contributed by atoms with Gasteiger partial charge in [-0.3, -0.25) is 4.21 Å². The second-order valence-electron chi connectivity index (χ2n) is 7.60. The number of ether oxygens (including phenoxy) is 1. The van der Waals surface area contributed by atoms with Gasteiger partial charge in [0, 0.05) is 47.3 Å². The van der Waals surface area contributed by atoms with Crippen LogP contribution in [0.15, 0.2) is 29.2 Å². The van der Waals surface area contributed by atoms with E-state index in [9.17, 15) is 9.00 Å². The largest absolute Gasteiger partial charge is 0.444 e. The van der Waals surface area contributed by atoms with Crippen LogP contribution in [-0.4, -0.2) is 46.7 Å². The average Bonchev–Trinajstić information content (AvgIpc) is 2.54. The van der Waals surface area contributed by atoms with Crippen molar-refractivity contribution in [3.8, 4) is 0 Å². The van der Waals surface area contributed by atoms with Crippen LogP contribution in [0.2, 0.25) is 0 Å². The topological polar surface area (TPSA) is 58.6 Å². The number of anilines is 1. The number of rotatable bonds is 5. The number of carbonyl (C=O) groups is 1. The Kier molecular flexibility index (Phi) is 6.87. The lowest BCUT2D eigenvalue weighted by atomic mass is 9.94. The quantitative estimate of drug-likeness (QED) is 0.859. The Hall–Kier alpha value is -1.56. The zero-order valence-corrected chi connectivity index (χ0v) is 16.5. The molecule has 1 aromatic rings. The minimum absolute atomic E-state index is 0.197. The highest BCUT2D eigenvalue weighted by atomic mass is 32.2. The molecule has 1 heterocycles. The van der Waals surface area contributed by atoms with Crippen molar-refractivity contribution in [2.24, 2.45) is 5.92 Å². The third-order valence-corrected chi connectivity index (χ3v) is 5.27. The first kappa shape index (κ1) is 19.8. The van der Waals surface area contributed by atoms with Gasteiger partial charge in [-0.2, -0.15) is 0 Å². The number of carbonyl (C=O) groups excluding carboxylic acids is 1. The van der Waals surface area contributed by atoms with E-state index in [0.29, 0.717) is 5.92 Å². The maximum Gasteiger partial charge on any atom is 0.410 e. The highest BCUT2D eigenvalue weighted by Crippen LogP contribution is 2.22. The van der Waals surface area contributed by atoms with Crippen LogP contribution in [0.1, 0.15) is 40.0 Å². The van der Waals surface area contributed by atoms with Gasteiger partial charge in [0.1, 0.15) is 5.60 Å². The number of nitrogens with one attached hydrogen (secondary N) is 1. The molecule has 5 nitrogen and oxygen atoms in total. The van der Waals surface area contributed by atoms with E-state index in [4.69, 9.17) is 4.74 Å². The van der Waals surface area contributed by atoms with Crippen LogP contribution in [-0.2, 0) is 15.5 Å². The molecule has 1 saturated heterocycles. The van der Waals surface area contributed by atoms with E-state index >= 15 is 0 Å². The number of piperidine rings is 1. The summed E-state index contributed by atoms with van der Waals surface area (Å²) in [6.45, 7) is 8.15. The fourth-order valence-electron chi connectivity index (χ4n) is 2.92. The van der Waals surface area contributed by atoms with Gasteiger partial charge in [0.05, 0.1) is 0 Å². The summed E-state index contributed by atoms with van der Waals surface area (Å²) in [5, 5.41) is 3.42. The van der Waals surface area contributed by atoms with Gasteiger partial charge in [-0.25, -0.2) is 4.79 Å².